The van der Waals surface area contributed by atoms with Crippen LogP contribution in [0.25, 0.3) is 0 Å². The lowest BCUT2D eigenvalue weighted by molar-refractivity contribution is -0.123. The van der Waals surface area contributed by atoms with E-state index in [4.69, 9.17) is 4.74 Å². The summed E-state index contributed by atoms with van der Waals surface area (Å²) in [5.74, 6) is 0.0382. The molecule has 2 aromatic rings. The monoisotopic (exact) mass is 375 g/mol. The van der Waals surface area contributed by atoms with Gasteiger partial charge in [0.25, 0.3) is 0 Å². The molecule has 28 heavy (non-hydrogen) atoms. The first-order valence-corrected chi connectivity index (χ1v) is 9.79. The molecule has 2 amide bonds. The number of rotatable bonds is 3. The largest absolute Gasteiger partial charge is 0.423 e. The Hall–Kier alpha value is -2.95. The molecule has 142 valence electrons. The molecular formula is C23H21NO4. The fourth-order valence-electron chi connectivity index (χ4n) is 5.20. The van der Waals surface area contributed by atoms with Gasteiger partial charge in [0.05, 0.1) is 23.1 Å². The second kappa shape index (κ2) is 6.30. The third-order valence-electron chi connectivity index (χ3n) is 6.50. The van der Waals surface area contributed by atoms with Crippen molar-refractivity contribution in [1.29, 1.82) is 0 Å². The first kappa shape index (κ1) is 17.2. The van der Waals surface area contributed by atoms with Crippen LogP contribution in [0.3, 0.4) is 0 Å². The lowest BCUT2D eigenvalue weighted by Gasteiger charge is -2.19. The summed E-state index contributed by atoms with van der Waals surface area (Å²) in [4.78, 5) is 39.6. The third-order valence-corrected chi connectivity index (χ3v) is 6.50. The van der Waals surface area contributed by atoms with Gasteiger partial charge >= 0.3 is 5.97 Å². The molecule has 3 fully saturated rings. The number of carbonyl (C=O) groups is 3. The highest BCUT2D eigenvalue weighted by Gasteiger charge is 2.61. The summed E-state index contributed by atoms with van der Waals surface area (Å²) < 4.78 is 5.47. The van der Waals surface area contributed by atoms with Crippen LogP contribution < -0.4 is 9.64 Å². The van der Waals surface area contributed by atoms with Crippen molar-refractivity contribution in [3.63, 3.8) is 0 Å². The van der Waals surface area contributed by atoms with Crippen LogP contribution in [0.4, 0.5) is 5.69 Å². The quantitative estimate of drug-likeness (QED) is 0.466. The van der Waals surface area contributed by atoms with E-state index in [0.717, 1.165) is 24.8 Å². The van der Waals surface area contributed by atoms with Gasteiger partial charge in [-0.15, -0.1) is 0 Å². The predicted molar refractivity (Wildman–Crippen MR) is 103 cm³/mol. The van der Waals surface area contributed by atoms with Crippen molar-refractivity contribution in [3.8, 4) is 5.75 Å². The first-order valence-electron chi connectivity index (χ1n) is 9.79. The molecule has 0 N–H and O–H groups in total. The number of aryl methyl sites for hydroxylation is 1. The summed E-state index contributed by atoms with van der Waals surface area (Å²) in [6, 6.07) is 13.8. The van der Waals surface area contributed by atoms with E-state index >= 15 is 0 Å². The zero-order valence-electron chi connectivity index (χ0n) is 15.6. The van der Waals surface area contributed by atoms with Crippen LogP contribution in [0.2, 0.25) is 0 Å². The van der Waals surface area contributed by atoms with E-state index < -0.39 is 5.97 Å². The topological polar surface area (TPSA) is 63.7 Å². The average molecular weight is 375 g/mol. The van der Waals surface area contributed by atoms with Crippen molar-refractivity contribution >= 4 is 23.5 Å². The highest BCUT2D eigenvalue weighted by atomic mass is 16.5. The first-order chi connectivity index (χ1) is 13.5. The molecule has 2 aliphatic carbocycles. The summed E-state index contributed by atoms with van der Waals surface area (Å²) >= 11 is 0. The molecule has 2 bridgehead atoms. The van der Waals surface area contributed by atoms with Crippen molar-refractivity contribution in [3.05, 3.63) is 59.7 Å². The number of anilines is 1. The lowest BCUT2D eigenvalue weighted by Crippen LogP contribution is -2.32. The van der Waals surface area contributed by atoms with Gasteiger partial charge in [-0.25, -0.2) is 9.69 Å². The van der Waals surface area contributed by atoms with E-state index in [1.54, 1.807) is 36.4 Å². The van der Waals surface area contributed by atoms with E-state index in [1.165, 1.54) is 4.90 Å². The number of nitrogens with zero attached hydrogens (tertiary/aromatic N) is 1. The zero-order chi connectivity index (χ0) is 19.4. The number of amides is 2. The SMILES string of the molecule is Cc1ccc(C(=O)Oc2cccc(N3C(=O)[C@@H]4[C@@H]5CC[C@H](C5)[C@@H]4C3=O)c2)cc1. The molecule has 1 heterocycles. The second-order valence-corrected chi connectivity index (χ2v) is 8.15. The average Bonchev–Trinajstić information content (AvgIpc) is 3.36. The Kier molecular flexibility index (Phi) is 3.86. The van der Waals surface area contributed by atoms with Crippen LogP contribution in [0, 0.1) is 30.6 Å². The van der Waals surface area contributed by atoms with Gasteiger partial charge in [-0.05, 0) is 62.3 Å². The van der Waals surface area contributed by atoms with Gasteiger partial charge in [0, 0.05) is 6.07 Å². The van der Waals surface area contributed by atoms with Crippen LogP contribution in [0.5, 0.6) is 5.75 Å². The van der Waals surface area contributed by atoms with Crippen LogP contribution in [0.1, 0.15) is 35.2 Å². The molecule has 1 aliphatic heterocycles. The predicted octanol–water partition coefficient (Wildman–Crippen LogP) is 3.75. The molecule has 2 saturated carbocycles. The molecule has 3 aliphatic rings. The van der Waals surface area contributed by atoms with Gasteiger partial charge in [0.15, 0.2) is 0 Å². The molecule has 0 spiro atoms. The zero-order valence-corrected chi connectivity index (χ0v) is 15.6. The second-order valence-electron chi connectivity index (χ2n) is 8.15. The maximum atomic E-state index is 13.0. The Morgan fingerprint density at radius 3 is 2.25 bits per heavy atom. The maximum absolute atomic E-state index is 13.0. The van der Waals surface area contributed by atoms with Crippen LogP contribution in [-0.2, 0) is 9.59 Å². The molecule has 0 radical (unpaired) electrons. The van der Waals surface area contributed by atoms with Crippen molar-refractivity contribution in [1.82, 2.24) is 0 Å². The van der Waals surface area contributed by atoms with Gasteiger partial charge in [0.1, 0.15) is 5.75 Å². The minimum Gasteiger partial charge on any atom is -0.423 e. The van der Waals surface area contributed by atoms with Crippen molar-refractivity contribution in [2.24, 2.45) is 23.7 Å². The molecule has 5 rings (SSSR count). The number of benzene rings is 2. The van der Waals surface area contributed by atoms with Gasteiger partial charge in [-0.3, -0.25) is 9.59 Å². The summed E-state index contributed by atoms with van der Waals surface area (Å²) in [6.45, 7) is 1.95. The normalized spacial score (nSPS) is 28.0. The Balaban J connectivity index is 1.39. The number of carbonyl (C=O) groups excluding carboxylic acids is 3. The van der Waals surface area contributed by atoms with Gasteiger partial charge in [-0.2, -0.15) is 0 Å². The molecular weight excluding hydrogens is 354 g/mol. The fraction of sp³-hybridized carbons (Fsp3) is 0.348. The smallest absolute Gasteiger partial charge is 0.343 e. The molecule has 2 aromatic carbocycles. The van der Waals surface area contributed by atoms with Gasteiger partial charge in [0.2, 0.25) is 11.8 Å². The van der Waals surface area contributed by atoms with Crippen molar-refractivity contribution in [2.75, 3.05) is 4.90 Å². The maximum Gasteiger partial charge on any atom is 0.343 e. The Bertz CT molecular complexity index is 952. The minimum absolute atomic E-state index is 0.0933. The summed E-state index contributed by atoms with van der Waals surface area (Å²) in [5, 5.41) is 0. The Labute approximate surface area is 163 Å². The standard InChI is InChI=1S/C23H21NO4/c1-13-5-7-14(8-6-13)23(27)28-18-4-2-3-17(12-18)24-21(25)19-15-9-10-16(11-15)20(19)22(24)26/h2-8,12,15-16,19-20H,9-11H2,1H3/t15-,16-,19-,20+/m1/s1. The molecule has 5 heteroatoms. The summed E-state index contributed by atoms with van der Waals surface area (Å²) in [6.07, 6.45) is 3.11. The number of imide groups is 1. The van der Waals surface area contributed by atoms with Crippen molar-refractivity contribution in [2.45, 2.75) is 26.2 Å². The number of hydrogen-bond acceptors (Lipinski definition) is 4. The van der Waals surface area contributed by atoms with E-state index in [1.807, 2.05) is 19.1 Å². The molecule has 1 saturated heterocycles. The van der Waals surface area contributed by atoms with E-state index in [9.17, 15) is 14.4 Å². The summed E-state index contributed by atoms with van der Waals surface area (Å²) in [7, 11) is 0. The van der Waals surface area contributed by atoms with Crippen LogP contribution >= 0.6 is 0 Å². The minimum atomic E-state index is -0.467. The highest BCUT2D eigenvalue weighted by Crippen LogP contribution is 2.56. The Morgan fingerprint density at radius 1 is 0.964 bits per heavy atom. The summed E-state index contributed by atoms with van der Waals surface area (Å²) in [5.41, 5.74) is 2.00. The number of fused-ring (bicyclic) bond motifs is 5. The van der Waals surface area contributed by atoms with Crippen LogP contribution in [0.15, 0.2) is 48.5 Å². The molecule has 5 nitrogen and oxygen atoms in total. The Morgan fingerprint density at radius 2 is 1.61 bits per heavy atom. The number of hydrogen-bond donors (Lipinski definition) is 0. The van der Waals surface area contributed by atoms with E-state index in [-0.39, 0.29) is 23.7 Å². The van der Waals surface area contributed by atoms with Gasteiger partial charge in [-0.1, -0.05) is 23.8 Å². The lowest BCUT2D eigenvalue weighted by atomic mass is 9.81. The number of esters is 1. The van der Waals surface area contributed by atoms with Crippen molar-refractivity contribution < 1.29 is 19.1 Å². The highest BCUT2D eigenvalue weighted by molar-refractivity contribution is 6.22. The van der Waals surface area contributed by atoms with Gasteiger partial charge < -0.3 is 4.74 Å². The van der Waals surface area contributed by atoms with Crippen LogP contribution in [-0.4, -0.2) is 17.8 Å². The molecule has 0 unspecified atom stereocenters. The fourth-order valence-corrected chi connectivity index (χ4v) is 5.20. The van der Waals surface area contributed by atoms with E-state index in [0.29, 0.717) is 28.8 Å². The van der Waals surface area contributed by atoms with E-state index in [2.05, 4.69) is 0 Å². The molecule has 4 atom stereocenters. The third kappa shape index (κ3) is 2.57. The molecule has 0 aromatic heterocycles. The number of ether oxygens (including phenoxy) is 1.